The number of benzene rings is 3. The van der Waals surface area contributed by atoms with Gasteiger partial charge in [0.15, 0.2) is 5.52 Å². The third-order valence-corrected chi connectivity index (χ3v) is 6.60. The van der Waals surface area contributed by atoms with Crippen LogP contribution in [0, 0.1) is 20.8 Å². The van der Waals surface area contributed by atoms with Gasteiger partial charge < -0.3 is 4.74 Å². The van der Waals surface area contributed by atoms with Gasteiger partial charge in [0, 0.05) is 5.56 Å². The summed E-state index contributed by atoms with van der Waals surface area (Å²) in [6.07, 6.45) is 0. The normalized spacial score (nSPS) is 11.7. The Balaban J connectivity index is 1.78. The summed E-state index contributed by atoms with van der Waals surface area (Å²) in [4.78, 5) is 25.4. The standard InChI is InChI=1S/C27H29O3P/c1-17-16-22(30-25(28)20-10-8-7-9-11-20)12-13-23(17)31-26(29)24-18(2)14-21(15-19(24)3)27(4,5)6/h7-16,31H,1-6H3. The smallest absolute Gasteiger partial charge is 0.343 e. The summed E-state index contributed by atoms with van der Waals surface area (Å²) >= 11 is 0. The van der Waals surface area contributed by atoms with Crippen molar-refractivity contribution in [3.05, 3.63) is 94.0 Å². The number of aryl methyl sites for hydroxylation is 3. The Morgan fingerprint density at radius 2 is 1.42 bits per heavy atom. The van der Waals surface area contributed by atoms with Gasteiger partial charge in [-0.3, -0.25) is 4.79 Å². The maximum Gasteiger partial charge on any atom is 0.343 e. The van der Waals surface area contributed by atoms with Crippen LogP contribution in [0.25, 0.3) is 0 Å². The highest BCUT2D eigenvalue weighted by Crippen LogP contribution is 2.31. The number of hydrogen-bond acceptors (Lipinski definition) is 3. The molecule has 0 N–H and O–H groups in total. The van der Waals surface area contributed by atoms with Crippen molar-refractivity contribution in [3.63, 3.8) is 0 Å². The van der Waals surface area contributed by atoms with E-state index >= 15 is 0 Å². The van der Waals surface area contributed by atoms with Crippen LogP contribution in [0.4, 0.5) is 0 Å². The van der Waals surface area contributed by atoms with E-state index in [4.69, 9.17) is 4.74 Å². The molecule has 1 unspecified atom stereocenters. The Kier molecular flexibility index (Phi) is 6.77. The Labute approximate surface area is 186 Å². The van der Waals surface area contributed by atoms with E-state index in [-0.39, 0.29) is 19.5 Å². The Hall–Kier alpha value is -2.77. The van der Waals surface area contributed by atoms with Gasteiger partial charge in [-0.05, 0) is 86.6 Å². The van der Waals surface area contributed by atoms with Crippen LogP contribution < -0.4 is 10.0 Å². The number of esters is 1. The minimum absolute atomic E-state index is 0.0165. The SMILES string of the molecule is Cc1cc(OC(=O)c2ccccc2)ccc1PC(=O)c1c(C)cc(C(C)(C)C)cc1C. The summed E-state index contributed by atoms with van der Waals surface area (Å²) in [6, 6.07) is 18.6. The van der Waals surface area contributed by atoms with Crippen molar-refractivity contribution in [3.8, 4) is 5.75 Å². The summed E-state index contributed by atoms with van der Waals surface area (Å²) < 4.78 is 5.49. The molecule has 4 heteroatoms. The van der Waals surface area contributed by atoms with Crippen LogP contribution in [-0.4, -0.2) is 11.5 Å². The second-order valence-corrected chi connectivity index (χ2v) is 10.2. The highest BCUT2D eigenvalue weighted by molar-refractivity contribution is 7.66. The monoisotopic (exact) mass is 432 g/mol. The van der Waals surface area contributed by atoms with E-state index in [9.17, 15) is 9.59 Å². The van der Waals surface area contributed by atoms with Crippen molar-refractivity contribution < 1.29 is 14.3 Å². The summed E-state index contributed by atoms with van der Waals surface area (Å²) in [5.41, 5.74) is 5.71. The third-order valence-electron chi connectivity index (χ3n) is 5.29. The second kappa shape index (κ2) is 9.16. The molecule has 0 aliphatic heterocycles. The molecule has 0 aromatic heterocycles. The molecule has 31 heavy (non-hydrogen) atoms. The molecular weight excluding hydrogens is 403 g/mol. The number of rotatable bonds is 5. The van der Waals surface area contributed by atoms with Crippen LogP contribution in [0.2, 0.25) is 0 Å². The van der Waals surface area contributed by atoms with Gasteiger partial charge >= 0.3 is 5.97 Å². The van der Waals surface area contributed by atoms with Crippen molar-refractivity contribution in [1.29, 1.82) is 0 Å². The van der Waals surface area contributed by atoms with Crippen LogP contribution in [0.1, 0.15) is 63.7 Å². The van der Waals surface area contributed by atoms with Gasteiger partial charge in [-0.15, -0.1) is 0 Å². The van der Waals surface area contributed by atoms with Crippen molar-refractivity contribution in [1.82, 2.24) is 0 Å². The van der Waals surface area contributed by atoms with Gasteiger partial charge in [-0.1, -0.05) is 57.2 Å². The fourth-order valence-corrected chi connectivity index (χ4v) is 4.72. The van der Waals surface area contributed by atoms with E-state index < -0.39 is 5.97 Å². The predicted octanol–water partition coefficient (Wildman–Crippen LogP) is 6.27. The van der Waals surface area contributed by atoms with Gasteiger partial charge in [-0.2, -0.15) is 0 Å². The fourth-order valence-electron chi connectivity index (χ4n) is 3.52. The number of carbonyl (C=O) groups excluding carboxylic acids is 2. The molecule has 3 nitrogen and oxygen atoms in total. The van der Waals surface area contributed by atoms with Crippen molar-refractivity contribution in [2.75, 3.05) is 0 Å². The lowest BCUT2D eigenvalue weighted by atomic mass is 9.84. The van der Waals surface area contributed by atoms with Crippen molar-refractivity contribution in [2.45, 2.75) is 47.0 Å². The van der Waals surface area contributed by atoms with E-state index in [2.05, 4.69) is 32.9 Å². The highest BCUT2D eigenvalue weighted by Gasteiger charge is 2.20. The van der Waals surface area contributed by atoms with E-state index in [0.717, 1.165) is 27.6 Å². The maximum absolute atomic E-state index is 13.1. The number of carbonyl (C=O) groups is 2. The molecule has 0 amide bonds. The van der Waals surface area contributed by atoms with E-state index in [1.54, 1.807) is 30.3 Å². The maximum atomic E-state index is 13.1. The molecule has 0 radical (unpaired) electrons. The van der Waals surface area contributed by atoms with Crippen LogP contribution in [0.3, 0.4) is 0 Å². The molecule has 3 aromatic rings. The molecule has 0 aliphatic rings. The van der Waals surface area contributed by atoms with Crippen LogP contribution in [0.15, 0.2) is 60.7 Å². The van der Waals surface area contributed by atoms with Gasteiger partial charge in [0.25, 0.3) is 0 Å². The van der Waals surface area contributed by atoms with Gasteiger partial charge in [-0.25, -0.2) is 4.79 Å². The Morgan fingerprint density at radius 3 is 1.97 bits per heavy atom. The molecule has 160 valence electrons. The molecule has 3 aromatic carbocycles. The van der Waals surface area contributed by atoms with Crippen LogP contribution in [0.5, 0.6) is 5.75 Å². The number of ether oxygens (including phenoxy) is 1. The molecule has 0 heterocycles. The lowest BCUT2D eigenvalue weighted by Crippen LogP contribution is -2.14. The summed E-state index contributed by atoms with van der Waals surface area (Å²) in [5, 5.41) is 0.961. The molecular formula is C27H29O3P. The predicted molar refractivity (Wildman–Crippen MR) is 129 cm³/mol. The molecule has 3 rings (SSSR count). The molecule has 1 atom stereocenters. The zero-order valence-corrected chi connectivity index (χ0v) is 20.0. The summed E-state index contributed by atoms with van der Waals surface area (Å²) in [7, 11) is 0.0165. The number of hydrogen-bond donors (Lipinski definition) is 0. The van der Waals surface area contributed by atoms with Crippen LogP contribution in [-0.2, 0) is 5.41 Å². The Morgan fingerprint density at radius 1 is 0.806 bits per heavy atom. The highest BCUT2D eigenvalue weighted by atomic mass is 31.1. The molecule has 0 spiro atoms. The Bertz CT molecular complexity index is 1100. The van der Waals surface area contributed by atoms with Crippen molar-refractivity contribution >= 4 is 25.4 Å². The minimum Gasteiger partial charge on any atom is -0.423 e. The molecule has 0 saturated heterocycles. The average Bonchev–Trinajstić information content (AvgIpc) is 2.69. The van der Waals surface area contributed by atoms with E-state index in [0.29, 0.717) is 11.3 Å². The zero-order chi connectivity index (χ0) is 22.8. The molecule has 0 fully saturated rings. The molecule has 0 aliphatic carbocycles. The second-order valence-electron chi connectivity index (χ2n) is 8.92. The largest absolute Gasteiger partial charge is 0.423 e. The first-order valence-corrected chi connectivity index (χ1v) is 11.4. The van der Waals surface area contributed by atoms with E-state index in [1.807, 2.05) is 39.0 Å². The average molecular weight is 433 g/mol. The first kappa shape index (κ1) is 22.9. The first-order valence-electron chi connectivity index (χ1n) is 10.4. The van der Waals surface area contributed by atoms with Gasteiger partial charge in [0.2, 0.25) is 0 Å². The lowest BCUT2D eigenvalue weighted by molar-refractivity contribution is 0.0734. The topological polar surface area (TPSA) is 43.4 Å². The summed E-state index contributed by atoms with van der Waals surface area (Å²) in [5.74, 6) is 0.0886. The molecule has 0 bridgehead atoms. The third kappa shape index (κ3) is 5.48. The summed E-state index contributed by atoms with van der Waals surface area (Å²) in [6.45, 7) is 12.5. The van der Waals surface area contributed by atoms with E-state index in [1.165, 1.54) is 5.56 Å². The first-order chi connectivity index (χ1) is 14.6. The van der Waals surface area contributed by atoms with Gasteiger partial charge in [0.1, 0.15) is 5.75 Å². The minimum atomic E-state index is -0.392. The zero-order valence-electron chi connectivity index (χ0n) is 19.0. The quantitative estimate of drug-likeness (QED) is 0.271. The molecule has 0 saturated carbocycles. The van der Waals surface area contributed by atoms with Gasteiger partial charge in [0.05, 0.1) is 5.56 Å². The lowest BCUT2D eigenvalue weighted by Gasteiger charge is -2.22. The fraction of sp³-hybridized carbons (Fsp3) is 0.259. The van der Waals surface area contributed by atoms with Crippen molar-refractivity contribution in [2.24, 2.45) is 0 Å². The van der Waals surface area contributed by atoms with Crippen LogP contribution >= 0.6 is 8.58 Å².